The second-order valence-corrected chi connectivity index (χ2v) is 17.6. The summed E-state index contributed by atoms with van der Waals surface area (Å²) in [6, 6.07) is 61.4. The lowest BCUT2D eigenvalue weighted by molar-refractivity contribution is 0.193. The summed E-state index contributed by atoms with van der Waals surface area (Å²) in [5.41, 5.74) is 16.3. The summed E-state index contributed by atoms with van der Waals surface area (Å²) in [7, 11) is 0. The lowest BCUT2D eigenvalue weighted by atomic mass is 9.47. The second kappa shape index (κ2) is 11.9. The first-order valence-corrected chi connectivity index (χ1v) is 20.9. The number of hydrogen-bond donors (Lipinski definition) is 0. The normalized spacial score (nSPS) is 23.0. The minimum Gasteiger partial charge on any atom is -0.310 e. The molecular formula is C53H41NS. The first-order valence-electron chi connectivity index (χ1n) is 20.1. The fourth-order valence-corrected chi connectivity index (χ4v) is 12.8. The molecule has 0 saturated heterocycles. The molecule has 8 aromatic rings. The first-order chi connectivity index (χ1) is 27.2. The Balaban J connectivity index is 1.01. The highest BCUT2D eigenvalue weighted by molar-refractivity contribution is 7.25. The number of fused-ring (bicyclic) bond motifs is 11. The highest BCUT2D eigenvalue weighted by Gasteiger charge is 2.66. The molecule has 2 fully saturated rings. The average molecular weight is 724 g/mol. The van der Waals surface area contributed by atoms with Crippen molar-refractivity contribution in [3.05, 3.63) is 187 Å². The van der Waals surface area contributed by atoms with E-state index in [9.17, 15) is 0 Å². The molecule has 1 aromatic heterocycles. The van der Waals surface area contributed by atoms with Gasteiger partial charge in [0.25, 0.3) is 0 Å². The zero-order valence-corrected chi connectivity index (χ0v) is 31.8. The molecule has 1 nitrogen and oxygen atoms in total. The molecule has 2 saturated carbocycles. The summed E-state index contributed by atoms with van der Waals surface area (Å²) in [6.45, 7) is 2.45. The lowest BCUT2D eigenvalue weighted by Gasteiger charge is -2.55. The van der Waals surface area contributed by atoms with Crippen LogP contribution in [-0.4, -0.2) is 0 Å². The molecule has 5 atom stereocenters. The summed E-state index contributed by atoms with van der Waals surface area (Å²) in [4.78, 5) is 2.46. The predicted octanol–water partition coefficient (Wildman–Crippen LogP) is 14.7. The van der Waals surface area contributed by atoms with Crippen LogP contribution in [0.3, 0.4) is 0 Å². The standard InChI is InChI=1S/C53H41NS/c1-33-28-34-30-44-47(29-33)53(48(44)31-34)45-18-8-5-16-43(45)52-40(17-11-19-46(52)53)36-22-24-37(25-23-36)54(49-20-9-6-14-39(49)35-12-3-2-4-13-35)38-26-27-42-41-15-7-10-21-50(41)55-51(42)32-38/h2-27,29,32-34,44,48H,28,30-31H2,1H3. The van der Waals surface area contributed by atoms with E-state index in [0.717, 1.165) is 23.2 Å². The summed E-state index contributed by atoms with van der Waals surface area (Å²) in [5, 5.41) is 2.64. The topological polar surface area (TPSA) is 3.24 Å². The molecule has 264 valence electrons. The molecule has 2 heteroatoms. The first kappa shape index (κ1) is 31.6. The minimum atomic E-state index is 0.0408. The van der Waals surface area contributed by atoms with Crippen molar-refractivity contribution in [2.75, 3.05) is 4.90 Å². The summed E-state index contributed by atoms with van der Waals surface area (Å²) >= 11 is 1.88. The lowest BCUT2D eigenvalue weighted by Crippen LogP contribution is -2.51. The van der Waals surface area contributed by atoms with E-state index in [1.807, 2.05) is 11.3 Å². The summed E-state index contributed by atoms with van der Waals surface area (Å²) in [5.74, 6) is 2.99. The van der Waals surface area contributed by atoms with Gasteiger partial charge in [0.1, 0.15) is 0 Å². The van der Waals surface area contributed by atoms with Gasteiger partial charge in [0.2, 0.25) is 0 Å². The highest BCUT2D eigenvalue weighted by atomic mass is 32.1. The van der Waals surface area contributed by atoms with E-state index < -0.39 is 0 Å². The minimum absolute atomic E-state index is 0.0408. The Morgan fingerprint density at radius 1 is 0.545 bits per heavy atom. The van der Waals surface area contributed by atoms with Crippen molar-refractivity contribution >= 4 is 48.6 Å². The maximum atomic E-state index is 2.70. The van der Waals surface area contributed by atoms with Gasteiger partial charge in [-0.15, -0.1) is 11.3 Å². The van der Waals surface area contributed by atoms with Crippen LogP contribution >= 0.6 is 11.3 Å². The molecule has 2 bridgehead atoms. The van der Waals surface area contributed by atoms with E-state index in [4.69, 9.17) is 0 Å². The Labute approximate surface area is 327 Å². The molecular weight excluding hydrogens is 683 g/mol. The van der Waals surface area contributed by atoms with Gasteiger partial charge in [0.15, 0.2) is 0 Å². The van der Waals surface area contributed by atoms with E-state index in [1.54, 1.807) is 16.7 Å². The van der Waals surface area contributed by atoms with Crippen LogP contribution in [0, 0.1) is 23.7 Å². The van der Waals surface area contributed by atoms with Crippen LogP contribution < -0.4 is 4.90 Å². The van der Waals surface area contributed by atoms with Gasteiger partial charge >= 0.3 is 0 Å². The molecule has 0 N–H and O–H groups in total. The van der Waals surface area contributed by atoms with Crippen molar-refractivity contribution in [2.24, 2.45) is 23.7 Å². The van der Waals surface area contributed by atoms with Crippen LogP contribution in [0.15, 0.2) is 175 Å². The number of anilines is 3. The molecule has 55 heavy (non-hydrogen) atoms. The molecule has 12 rings (SSSR count). The molecule has 4 aliphatic rings. The maximum Gasteiger partial charge on any atom is 0.0540 e. The number of benzene rings is 7. The average Bonchev–Trinajstić information content (AvgIpc) is 3.86. The van der Waals surface area contributed by atoms with Crippen LogP contribution in [0.5, 0.6) is 0 Å². The third-order valence-electron chi connectivity index (χ3n) is 13.6. The van der Waals surface area contributed by atoms with E-state index in [-0.39, 0.29) is 5.41 Å². The second-order valence-electron chi connectivity index (χ2n) is 16.5. The van der Waals surface area contributed by atoms with Gasteiger partial charge in [-0.2, -0.15) is 0 Å². The fourth-order valence-electron chi connectivity index (χ4n) is 11.6. The molecule has 1 spiro atoms. The molecule has 4 aliphatic carbocycles. The van der Waals surface area contributed by atoms with Gasteiger partial charge in [-0.05, 0) is 118 Å². The number of allylic oxidation sites excluding steroid dienone is 2. The van der Waals surface area contributed by atoms with Gasteiger partial charge in [-0.25, -0.2) is 0 Å². The molecule has 1 heterocycles. The van der Waals surface area contributed by atoms with Crippen LogP contribution in [0.25, 0.3) is 53.6 Å². The summed E-state index contributed by atoms with van der Waals surface area (Å²) in [6.07, 6.45) is 6.82. The zero-order valence-electron chi connectivity index (χ0n) is 31.0. The van der Waals surface area contributed by atoms with E-state index in [0.29, 0.717) is 11.8 Å². The van der Waals surface area contributed by atoms with E-state index >= 15 is 0 Å². The Bertz CT molecular complexity index is 2840. The highest BCUT2D eigenvalue weighted by Crippen LogP contribution is 2.74. The number of hydrogen-bond acceptors (Lipinski definition) is 2. The zero-order chi connectivity index (χ0) is 36.3. The summed E-state index contributed by atoms with van der Waals surface area (Å²) < 4.78 is 2.63. The number of nitrogens with zero attached hydrogens (tertiary/aromatic N) is 1. The molecule has 0 radical (unpaired) electrons. The van der Waals surface area contributed by atoms with Crippen molar-refractivity contribution in [1.29, 1.82) is 0 Å². The molecule has 7 aromatic carbocycles. The van der Waals surface area contributed by atoms with E-state index in [1.165, 1.54) is 78.5 Å². The third kappa shape index (κ3) is 4.46. The maximum absolute atomic E-state index is 2.70. The Kier molecular flexibility index (Phi) is 6.84. The largest absolute Gasteiger partial charge is 0.310 e. The van der Waals surface area contributed by atoms with Gasteiger partial charge in [0, 0.05) is 42.5 Å². The van der Waals surface area contributed by atoms with Gasteiger partial charge in [-0.3, -0.25) is 0 Å². The van der Waals surface area contributed by atoms with Crippen molar-refractivity contribution in [1.82, 2.24) is 0 Å². The van der Waals surface area contributed by atoms with Crippen molar-refractivity contribution in [2.45, 2.75) is 31.6 Å². The van der Waals surface area contributed by atoms with E-state index in [2.05, 4.69) is 182 Å². The molecule has 5 unspecified atom stereocenters. The Morgan fingerprint density at radius 3 is 2.13 bits per heavy atom. The fraction of sp³-hybridized carbons (Fsp3) is 0.170. The van der Waals surface area contributed by atoms with Crippen molar-refractivity contribution in [3.8, 4) is 33.4 Å². The van der Waals surface area contributed by atoms with Crippen LogP contribution in [-0.2, 0) is 5.41 Å². The van der Waals surface area contributed by atoms with Crippen molar-refractivity contribution in [3.63, 3.8) is 0 Å². The van der Waals surface area contributed by atoms with Crippen LogP contribution in [0.4, 0.5) is 17.1 Å². The molecule has 0 amide bonds. The van der Waals surface area contributed by atoms with Crippen LogP contribution in [0.1, 0.15) is 37.3 Å². The van der Waals surface area contributed by atoms with Gasteiger partial charge < -0.3 is 4.90 Å². The monoisotopic (exact) mass is 723 g/mol. The predicted molar refractivity (Wildman–Crippen MR) is 233 cm³/mol. The number of para-hydroxylation sites is 1. The smallest absolute Gasteiger partial charge is 0.0540 e. The Hall–Kier alpha value is -5.70. The van der Waals surface area contributed by atoms with Gasteiger partial charge in [-0.1, -0.05) is 146 Å². The quantitative estimate of drug-likeness (QED) is 0.160. The Morgan fingerprint density at radius 2 is 1.24 bits per heavy atom. The number of rotatable bonds is 5. The van der Waals surface area contributed by atoms with Gasteiger partial charge in [0.05, 0.1) is 5.69 Å². The number of thiophene rings is 1. The van der Waals surface area contributed by atoms with Crippen molar-refractivity contribution < 1.29 is 0 Å². The SMILES string of the molecule is CC1C=C2C3CC(C1)CC3C21c2ccccc2-c2c(-c3ccc(N(c4ccc5c(c4)sc4ccccc45)c4ccccc4-c4ccccc4)cc3)cccc21. The van der Waals surface area contributed by atoms with Crippen LogP contribution in [0.2, 0.25) is 0 Å². The molecule has 0 aliphatic heterocycles. The third-order valence-corrected chi connectivity index (χ3v) is 14.8.